The number of halogens is 1. The molecular weight excluding hydrogens is 250 g/mol. The average Bonchev–Trinajstić information content (AvgIpc) is 2.38. The van der Waals surface area contributed by atoms with Crippen LogP contribution in [0, 0.1) is 0 Å². The molecule has 0 aliphatic heterocycles. The minimum atomic E-state index is -0.493. The molecule has 0 aliphatic rings. The summed E-state index contributed by atoms with van der Waals surface area (Å²) in [5.74, 6) is -0.493. The van der Waals surface area contributed by atoms with Crippen LogP contribution < -0.4 is 5.73 Å². The van der Waals surface area contributed by atoms with Crippen molar-refractivity contribution in [1.29, 1.82) is 0 Å². The summed E-state index contributed by atoms with van der Waals surface area (Å²) in [5.41, 5.74) is 7.90. The van der Waals surface area contributed by atoms with Crippen LogP contribution >= 0.6 is 11.6 Å². The highest BCUT2D eigenvalue weighted by molar-refractivity contribution is 6.33. The first-order valence-corrected chi connectivity index (χ1v) is 5.79. The van der Waals surface area contributed by atoms with Crippen LogP contribution in [0.5, 0.6) is 0 Å². The molecule has 0 heterocycles. The Bertz CT molecular complexity index is 596. The highest BCUT2D eigenvalue weighted by Crippen LogP contribution is 2.31. The standard InChI is InChI=1S/C14H12ClNO2/c15-13-7-9(8-17)5-6-11(13)10-3-1-2-4-12(10)14(16)18/h1-7,17H,8H2,(H2,16,18). The third-order valence-corrected chi connectivity index (χ3v) is 3.01. The number of aliphatic hydroxyl groups excluding tert-OH is 1. The van der Waals surface area contributed by atoms with Crippen molar-refractivity contribution in [1.82, 2.24) is 0 Å². The molecule has 0 aliphatic carbocycles. The summed E-state index contributed by atoms with van der Waals surface area (Å²) in [6.07, 6.45) is 0. The smallest absolute Gasteiger partial charge is 0.249 e. The van der Waals surface area contributed by atoms with Gasteiger partial charge in [0.15, 0.2) is 0 Å². The van der Waals surface area contributed by atoms with Gasteiger partial charge in [-0.1, -0.05) is 41.9 Å². The van der Waals surface area contributed by atoms with Crippen molar-refractivity contribution < 1.29 is 9.90 Å². The first-order valence-electron chi connectivity index (χ1n) is 5.42. The molecule has 0 aromatic heterocycles. The predicted octanol–water partition coefficient (Wildman–Crippen LogP) is 2.60. The molecule has 0 bridgehead atoms. The fourth-order valence-electron chi connectivity index (χ4n) is 1.81. The largest absolute Gasteiger partial charge is 0.392 e. The number of aliphatic hydroxyl groups is 1. The van der Waals surface area contributed by atoms with Crippen LogP contribution in [-0.4, -0.2) is 11.0 Å². The van der Waals surface area contributed by atoms with Gasteiger partial charge in [-0.15, -0.1) is 0 Å². The lowest BCUT2D eigenvalue weighted by Crippen LogP contribution is -2.12. The average molecular weight is 262 g/mol. The lowest BCUT2D eigenvalue weighted by atomic mass is 9.98. The van der Waals surface area contributed by atoms with E-state index in [1.807, 2.05) is 6.07 Å². The second kappa shape index (κ2) is 5.21. The summed E-state index contributed by atoms with van der Waals surface area (Å²) in [4.78, 5) is 11.4. The normalized spacial score (nSPS) is 10.3. The Morgan fingerprint density at radius 2 is 1.89 bits per heavy atom. The van der Waals surface area contributed by atoms with E-state index in [0.717, 1.165) is 11.1 Å². The number of primary amides is 1. The maximum atomic E-state index is 11.4. The van der Waals surface area contributed by atoms with Crippen LogP contribution in [0.2, 0.25) is 5.02 Å². The van der Waals surface area contributed by atoms with Crippen molar-refractivity contribution in [2.45, 2.75) is 6.61 Å². The van der Waals surface area contributed by atoms with Crippen molar-refractivity contribution in [3.05, 3.63) is 58.6 Å². The number of hydrogen-bond donors (Lipinski definition) is 2. The summed E-state index contributed by atoms with van der Waals surface area (Å²) in [6, 6.07) is 12.2. The number of nitrogens with two attached hydrogens (primary N) is 1. The van der Waals surface area contributed by atoms with Gasteiger partial charge in [-0.3, -0.25) is 4.79 Å². The van der Waals surface area contributed by atoms with Crippen molar-refractivity contribution in [2.75, 3.05) is 0 Å². The van der Waals surface area contributed by atoms with Gasteiger partial charge in [0.1, 0.15) is 0 Å². The van der Waals surface area contributed by atoms with Crippen LogP contribution in [0.1, 0.15) is 15.9 Å². The first-order chi connectivity index (χ1) is 8.63. The number of carbonyl (C=O) groups is 1. The number of hydrogen-bond acceptors (Lipinski definition) is 2. The molecule has 1 amide bonds. The van der Waals surface area contributed by atoms with Crippen molar-refractivity contribution in [2.24, 2.45) is 5.73 Å². The Morgan fingerprint density at radius 3 is 2.50 bits per heavy atom. The van der Waals surface area contributed by atoms with Crippen LogP contribution in [0.4, 0.5) is 0 Å². The van der Waals surface area contributed by atoms with E-state index in [-0.39, 0.29) is 6.61 Å². The van der Waals surface area contributed by atoms with Crippen LogP contribution in [0.15, 0.2) is 42.5 Å². The Labute approximate surface area is 110 Å². The summed E-state index contributed by atoms with van der Waals surface area (Å²) >= 11 is 6.16. The maximum absolute atomic E-state index is 11.4. The monoisotopic (exact) mass is 261 g/mol. The zero-order valence-electron chi connectivity index (χ0n) is 9.56. The predicted molar refractivity (Wildman–Crippen MR) is 71.3 cm³/mol. The first kappa shape index (κ1) is 12.6. The van der Waals surface area contributed by atoms with Crippen molar-refractivity contribution >= 4 is 17.5 Å². The van der Waals surface area contributed by atoms with E-state index in [1.54, 1.807) is 36.4 Å². The number of carbonyl (C=O) groups excluding carboxylic acids is 1. The van der Waals surface area contributed by atoms with Crippen LogP contribution in [0.25, 0.3) is 11.1 Å². The fourth-order valence-corrected chi connectivity index (χ4v) is 2.11. The molecule has 0 atom stereocenters. The molecular formula is C14H12ClNO2. The SMILES string of the molecule is NC(=O)c1ccccc1-c1ccc(CO)cc1Cl. The molecule has 4 heteroatoms. The molecule has 2 aromatic rings. The van der Waals surface area contributed by atoms with Crippen LogP contribution in [-0.2, 0) is 6.61 Å². The molecule has 0 radical (unpaired) electrons. The quantitative estimate of drug-likeness (QED) is 0.892. The van der Waals surface area contributed by atoms with Crippen molar-refractivity contribution in [3.8, 4) is 11.1 Å². The number of rotatable bonds is 3. The Balaban J connectivity index is 2.59. The summed E-state index contributed by atoms with van der Waals surface area (Å²) in [7, 11) is 0. The minimum Gasteiger partial charge on any atom is -0.392 e. The van der Waals surface area contributed by atoms with E-state index >= 15 is 0 Å². The highest BCUT2D eigenvalue weighted by Gasteiger charge is 2.12. The summed E-state index contributed by atoms with van der Waals surface area (Å²) in [6.45, 7) is -0.0720. The lowest BCUT2D eigenvalue weighted by Gasteiger charge is -2.09. The molecule has 3 N–H and O–H groups in total. The molecule has 0 unspecified atom stereocenters. The second-order valence-electron chi connectivity index (χ2n) is 3.88. The van der Waals surface area contributed by atoms with E-state index in [1.165, 1.54) is 0 Å². The second-order valence-corrected chi connectivity index (χ2v) is 4.29. The third kappa shape index (κ3) is 2.37. The maximum Gasteiger partial charge on any atom is 0.249 e. The van der Waals surface area contributed by atoms with Crippen molar-refractivity contribution in [3.63, 3.8) is 0 Å². The van der Waals surface area contributed by atoms with E-state index in [9.17, 15) is 4.79 Å². The van der Waals surface area contributed by atoms with Gasteiger partial charge in [0, 0.05) is 16.1 Å². The van der Waals surface area contributed by atoms with Gasteiger partial charge in [0.25, 0.3) is 0 Å². The molecule has 92 valence electrons. The zero-order chi connectivity index (χ0) is 13.1. The lowest BCUT2D eigenvalue weighted by molar-refractivity contribution is 0.100. The van der Waals surface area contributed by atoms with Gasteiger partial charge in [0.2, 0.25) is 5.91 Å². The molecule has 0 spiro atoms. The number of benzene rings is 2. The summed E-state index contributed by atoms with van der Waals surface area (Å²) in [5, 5.41) is 9.52. The molecule has 2 aromatic carbocycles. The minimum absolute atomic E-state index is 0.0720. The van der Waals surface area contributed by atoms with Gasteiger partial charge >= 0.3 is 0 Å². The molecule has 0 saturated carbocycles. The molecule has 3 nitrogen and oxygen atoms in total. The fraction of sp³-hybridized carbons (Fsp3) is 0.0714. The molecule has 18 heavy (non-hydrogen) atoms. The van der Waals surface area contributed by atoms with E-state index < -0.39 is 5.91 Å². The molecule has 0 saturated heterocycles. The third-order valence-electron chi connectivity index (χ3n) is 2.70. The zero-order valence-corrected chi connectivity index (χ0v) is 10.3. The Morgan fingerprint density at radius 1 is 1.17 bits per heavy atom. The molecule has 2 rings (SSSR count). The van der Waals surface area contributed by atoms with Gasteiger partial charge in [-0.25, -0.2) is 0 Å². The molecule has 0 fully saturated rings. The van der Waals surface area contributed by atoms with Gasteiger partial charge in [-0.2, -0.15) is 0 Å². The van der Waals surface area contributed by atoms with Gasteiger partial charge in [0.05, 0.1) is 6.61 Å². The Kier molecular flexibility index (Phi) is 3.65. The summed E-state index contributed by atoms with van der Waals surface area (Å²) < 4.78 is 0. The van der Waals surface area contributed by atoms with E-state index in [0.29, 0.717) is 16.1 Å². The topological polar surface area (TPSA) is 63.3 Å². The highest BCUT2D eigenvalue weighted by atomic mass is 35.5. The number of amides is 1. The van der Waals surface area contributed by atoms with E-state index in [2.05, 4.69) is 0 Å². The van der Waals surface area contributed by atoms with Crippen LogP contribution in [0.3, 0.4) is 0 Å². The van der Waals surface area contributed by atoms with Gasteiger partial charge in [-0.05, 0) is 23.3 Å². The van der Waals surface area contributed by atoms with Gasteiger partial charge < -0.3 is 10.8 Å². The Hall–Kier alpha value is -1.84. The van der Waals surface area contributed by atoms with E-state index in [4.69, 9.17) is 22.4 Å².